The molecule has 0 heterocycles. The highest BCUT2D eigenvalue weighted by molar-refractivity contribution is 5.99. The van der Waals surface area contributed by atoms with Crippen molar-refractivity contribution < 1.29 is 14.6 Å². The summed E-state index contributed by atoms with van der Waals surface area (Å²) in [5, 5.41) is 9.33. The smallest absolute Gasteiger partial charge is 0.340 e. The van der Waals surface area contributed by atoms with E-state index in [4.69, 9.17) is 10.5 Å². The molecule has 0 spiro atoms. The van der Waals surface area contributed by atoms with Gasteiger partial charge in [0.25, 0.3) is 0 Å². The molecule has 5 nitrogen and oxygen atoms in total. The van der Waals surface area contributed by atoms with Crippen LogP contribution in [0, 0.1) is 0 Å². The predicted molar refractivity (Wildman–Crippen MR) is 76.4 cm³/mol. The number of ether oxygens (including phenoxy) is 1. The molecule has 1 unspecified atom stereocenters. The SMILES string of the molecule is CCOC(=O)c1cccc(N)c1N(C)CCC(C)O. The van der Waals surface area contributed by atoms with Gasteiger partial charge in [0.1, 0.15) is 0 Å². The van der Waals surface area contributed by atoms with Crippen LogP contribution in [-0.4, -0.2) is 37.4 Å². The fourth-order valence-corrected chi connectivity index (χ4v) is 1.85. The zero-order valence-electron chi connectivity index (χ0n) is 11.7. The molecule has 0 amide bonds. The Balaban J connectivity index is 3.00. The molecule has 0 radical (unpaired) electrons. The average Bonchev–Trinajstić information content (AvgIpc) is 2.35. The number of hydrogen-bond acceptors (Lipinski definition) is 5. The van der Waals surface area contributed by atoms with Crippen molar-refractivity contribution in [1.29, 1.82) is 0 Å². The van der Waals surface area contributed by atoms with Crippen LogP contribution < -0.4 is 10.6 Å². The van der Waals surface area contributed by atoms with Gasteiger partial charge in [-0.15, -0.1) is 0 Å². The maximum Gasteiger partial charge on any atom is 0.340 e. The fraction of sp³-hybridized carbons (Fsp3) is 0.500. The van der Waals surface area contributed by atoms with Gasteiger partial charge in [-0.2, -0.15) is 0 Å². The van der Waals surface area contributed by atoms with Gasteiger partial charge in [0.2, 0.25) is 0 Å². The summed E-state index contributed by atoms with van der Waals surface area (Å²) in [6.07, 6.45) is 0.214. The van der Waals surface area contributed by atoms with Gasteiger partial charge in [-0.25, -0.2) is 4.79 Å². The van der Waals surface area contributed by atoms with Gasteiger partial charge < -0.3 is 20.5 Å². The number of esters is 1. The number of para-hydroxylation sites is 1. The van der Waals surface area contributed by atoms with E-state index in [2.05, 4.69) is 0 Å². The summed E-state index contributed by atoms with van der Waals surface area (Å²) in [4.78, 5) is 13.8. The molecule has 3 N–H and O–H groups in total. The van der Waals surface area contributed by atoms with E-state index in [1.165, 1.54) is 0 Å². The minimum Gasteiger partial charge on any atom is -0.462 e. The van der Waals surface area contributed by atoms with Crippen LogP contribution in [0.3, 0.4) is 0 Å². The van der Waals surface area contributed by atoms with Crippen LogP contribution in [-0.2, 0) is 4.74 Å². The van der Waals surface area contributed by atoms with Gasteiger partial charge in [-0.1, -0.05) is 6.07 Å². The number of nitrogens with two attached hydrogens (primary N) is 1. The van der Waals surface area contributed by atoms with E-state index in [1.807, 2.05) is 11.9 Å². The number of nitrogens with zero attached hydrogens (tertiary/aromatic N) is 1. The Hall–Kier alpha value is -1.75. The first-order valence-electron chi connectivity index (χ1n) is 6.42. The molecule has 1 atom stereocenters. The van der Waals surface area contributed by atoms with Crippen molar-refractivity contribution in [2.45, 2.75) is 26.4 Å². The van der Waals surface area contributed by atoms with Crippen LogP contribution >= 0.6 is 0 Å². The molecule has 0 aromatic heterocycles. The molecule has 0 fully saturated rings. The van der Waals surface area contributed by atoms with Gasteiger partial charge in [0.05, 0.1) is 29.6 Å². The Kier molecular flexibility index (Phi) is 5.63. The normalized spacial score (nSPS) is 12.0. The monoisotopic (exact) mass is 266 g/mol. The zero-order valence-corrected chi connectivity index (χ0v) is 11.7. The minimum absolute atomic E-state index is 0.324. The lowest BCUT2D eigenvalue weighted by molar-refractivity contribution is 0.0527. The average molecular weight is 266 g/mol. The maximum atomic E-state index is 11.9. The molecule has 1 aromatic carbocycles. The standard InChI is InChI=1S/C14H22N2O3/c1-4-19-14(18)11-6-5-7-12(15)13(11)16(3)9-8-10(2)17/h5-7,10,17H,4,8-9,15H2,1-3H3. The van der Waals surface area contributed by atoms with Crippen molar-refractivity contribution in [3.8, 4) is 0 Å². The van der Waals surface area contributed by atoms with E-state index in [-0.39, 0.29) is 5.97 Å². The molecule has 0 aliphatic heterocycles. The number of benzene rings is 1. The molecule has 19 heavy (non-hydrogen) atoms. The maximum absolute atomic E-state index is 11.9. The van der Waals surface area contributed by atoms with Gasteiger partial charge in [-0.3, -0.25) is 0 Å². The van der Waals surface area contributed by atoms with Gasteiger partial charge in [-0.05, 0) is 32.4 Å². The topological polar surface area (TPSA) is 75.8 Å². The molecule has 106 valence electrons. The van der Waals surface area contributed by atoms with Crippen LogP contribution in [0.2, 0.25) is 0 Å². The fourth-order valence-electron chi connectivity index (χ4n) is 1.85. The van der Waals surface area contributed by atoms with Crippen molar-refractivity contribution in [3.05, 3.63) is 23.8 Å². The molecule has 5 heteroatoms. The first-order valence-corrected chi connectivity index (χ1v) is 6.42. The van der Waals surface area contributed by atoms with E-state index in [0.717, 1.165) is 0 Å². The van der Waals surface area contributed by atoms with Crippen LogP contribution in [0.1, 0.15) is 30.6 Å². The predicted octanol–water partition coefficient (Wildman–Crippen LogP) is 1.65. The Labute approximate surface area is 114 Å². The zero-order chi connectivity index (χ0) is 14.4. The second kappa shape index (κ2) is 6.99. The molecule has 0 saturated carbocycles. The van der Waals surface area contributed by atoms with Crippen LogP contribution in [0.25, 0.3) is 0 Å². The number of carbonyl (C=O) groups is 1. The van der Waals surface area contributed by atoms with Crippen molar-refractivity contribution in [3.63, 3.8) is 0 Å². The molecule has 1 aromatic rings. The highest BCUT2D eigenvalue weighted by atomic mass is 16.5. The first-order chi connectivity index (χ1) is 8.97. The van der Waals surface area contributed by atoms with Crippen LogP contribution in [0.15, 0.2) is 18.2 Å². The Morgan fingerprint density at radius 3 is 2.79 bits per heavy atom. The molecular formula is C14H22N2O3. The highest BCUT2D eigenvalue weighted by Crippen LogP contribution is 2.28. The second-order valence-corrected chi connectivity index (χ2v) is 4.52. The summed E-state index contributed by atoms with van der Waals surface area (Å²) in [6, 6.07) is 5.17. The molecule has 1 rings (SSSR count). The van der Waals surface area contributed by atoms with Gasteiger partial charge in [0.15, 0.2) is 0 Å². The number of aliphatic hydroxyl groups excluding tert-OH is 1. The summed E-state index contributed by atoms with van der Waals surface area (Å²) in [7, 11) is 1.84. The lowest BCUT2D eigenvalue weighted by Crippen LogP contribution is -2.25. The van der Waals surface area contributed by atoms with Crippen LogP contribution in [0.4, 0.5) is 11.4 Å². The number of nitrogen functional groups attached to an aromatic ring is 1. The number of rotatable bonds is 6. The third-order valence-corrected chi connectivity index (χ3v) is 2.83. The Morgan fingerprint density at radius 2 is 2.21 bits per heavy atom. The summed E-state index contributed by atoms with van der Waals surface area (Å²) in [5.41, 5.74) is 7.59. The largest absolute Gasteiger partial charge is 0.462 e. The van der Waals surface area contributed by atoms with Crippen molar-refractivity contribution in [2.75, 3.05) is 30.8 Å². The van der Waals surface area contributed by atoms with E-state index in [9.17, 15) is 9.90 Å². The van der Waals surface area contributed by atoms with E-state index in [1.54, 1.807) is 32.0 Å². The number of anilines is 2. The lowest BCUT2D eigenvalue weighted by atomic mass is 10.1. The molecule has 0 bridgehead atoms. The summed E-state index contributed by atoms with van der Waals surface area (Å²) in [5.74, 6) is -0.381. The number of hydrogen-bond donors (Lipinski definition) is 2. The Bertz CT molecular complexity index is 433. The van der Waals surface area contributed by atoms with Crippen molar-refractivity contribution in [1.82, 2.24) is 0 Å². The highest BCUT2D eigenvalue weighted by Gasteiger charge is 2.18. The Morgan fingerprint density at radius 1 is 1.53 bits per heavy atom. The summed E-state index contributed by atoms with van der Waals surface area (Å²) >= 11 is 0. The first kappa shape index (κ1) is 15.3. The van der Waals surface area contributed by atoms with E-state index >= 15 is 0 Å². The molecule has 0 aliphatic rings. The van der Waals surface area contributed by atoms with Crippen molar-refractivity contribution in [2.24, 2.45) is 0 Å². The molecule has 0 aliphatic carbocycles. The summed E-state index contributed by atoms with van der Waals surface area (Å²) < 4.78 is 5.03. The third-order valence-electron chi connectivity index (χ3n) is 2.83. The minimum atomic E-state index is -0.390. The molecular weight excluding hydrogens is 244 g/mol. The van der Waals surface area contributed by atoms with E-state index < -0.39 is 6.10 Å². The van der Waals surface area contributed by atoms with E-state index in [0.29, 0.717) is 36.5 Å². The number of aliphatic hydroxyl groups is 1. The van der Waals surface area contributed by atoms with Crippen molar-refractivity contribution >= 4 is 17.3 Å². The molecule has 0 saturated heterocycles. The second-order valence-electron chi connectivity index (χ2n) is 4.52. The third kappa shape index (κ3) is 4.13. The summed E-state index contributed by atoms with van der Waals surface area (Å²) in [6.45, 7) is 4.43. The van der Waals surface area contributed by atoms with Gasteiger partial charge in [0, 0.05) is 13.6 Å². The van der Waals surface area contributed by atoms with Gasteiger partial charge >= 0.3 is 5.97 Å². The quantitative estimate of drug-likeness (QED) is 0.605. The van der Waals surface area contributed by atoms with Crippen LogP contribution in [0.5, 0.6) is 0 Å². The number of carbonyl (C=O) groups excluding carboxylic acids is 1. The lowest BCUT2D eigenvalue weighted by Gasteiger charge is -2.24.